The monoisotopic (exact) mass is 419 g/mol. The van der Waals surface area contributed by atoms with E-state index in [4.69, 9.17) is 9.47 Å². The van der Waals surface area contributed by atoms with Gasteiger partial charge in [-0.25, -0.2) is 9.78 Å². The molecule has 12 nitrogen and oxygen atoms in total. The van der Waals surface area contributed by atoms with Gasteiger partial charge in [0.05, 0.1) is 23.8 Å². The van der Waals surface area contributed by atoms with Crippen molar-refractivity contribution in [1.82, 2.24) is 15.0 Å². The number of aromatic nitrogens is 3. The van der Waals surface area contributed by atoms with Crippen LogP contribution in [0.15, 0.2) is 24.8 Å². The Bertz CT molecular complexity index is 958. The number of nitrogens with zero attached hydrogens (tertiary/aromatic N) is 5. The Morgan fingerprint density at radius 2 is 1.93 bits per heavy atom. The molecule has 0 amide bonds. The van der Waals surface area contributed by atoms with Gasteiger partial charge in [0.2, 0.25) is 5.82 Å². The van der Waals surface area contributed by atoms with Crippen molar-refractivity contribution in [3.63, 3.8) is 0 Å². The van der Waals surface area contributed by atoms with E-state index in [-0.39, 0.29) is 29.6 Å². The maximum absolute atomic E-state index is 12.1. The lowest BCUT2D eigenvalue weighted by Gasteiger charge is -2.23. The number of likely N-dealkylation sites (N-methyl/N-ethyl adjacent to an activating group) is 1. The SMILES string of the molecule is COC(=O)c1cncc(Oc2ncnc(N(C)CC(=O)OC(C)(C)C)c2[N+](=O)[O-])c1. The van der Waals surface area contributed by atoms with Crippen LogP contribution in [0.2, 0.25) is 0 Å². The molecule has 2 aromatic heterocycles. The summed E-state index contributed by atoms with van der Waals surface area (Å²) in [4.78, 5) is 47.5. The highest BCUT2D eigenvalue weighted by Gasteiger charge is 2.29. The smallest absolute Gasteiger partial charge is 0.373 e. The molecule has 0 bridgehead atoms. The van der Waals surface area contributed by atoms with Crippen LogP contribution in [0.4, 0.5) is 11.5 Å². The number of methoxy groups -OCH3 is 1. The Morgan fingerprint density at radius 3 is 2.53 bits per heavy atom. The van der Waals surface area contributed by atoms with E-state index in [0.717, 1.165) is 6.33 Å². The molecule has 0 aliphatic heterocycles. The Kier molecular flexibility index (Phi) is 6.82. The zero-order chi connectivity index (χ0) is 22.5. The molecule has 0 aliphatic rings. The predicted octanol–water partition coefficient (Wildman–Crippen LogP) is 2.14. The lowest BCUT2D eigenvalue weighted by molar-refractivity contribution is -0.385. The third kappa shape index (κ3) is 5.83. The van der Waals surface area contributed by atoms with E-state index < -0.39 is 28.2 Å². The molecule has 2 rings (SSSR count). The van der Waals surface area contributed by atoms with Crippen LogP contribution in [-0.4, -0.2) is 58.1 Å². The number of ether oxygens (including phenoxy) is 3. The first kappa shape index (κ1) is 22.5. The van der Waals surface area contributed by atoms with Crippen molar-refractivity contribution in [1.29, 1.82) is 0 Å². The average molecular weight is 419 g/mol. The minimum Gasteiger partial charge on any atom is -0.465 e. The number of rotatable bonds is 7. The Balaban J connectivity index is 2.34. The van der Waals surface area contributed by atoms with Gasteiger partial charge in [0, 0.05) is 13.2 Å². The highest BCUT2D eigenvalue weighted by Crippen LogP contribution is 2.35. The maximum Gasteiger partial charge on any atom is 0.373 e. The predicted molar refractivity (Wildman–Crippen MR) is 103 cm³/mol. The van der Waals surface area contributed by atoms with Crippen LogP contribution in [0.1, 0.15) is 31.1 Å². The summed E-state index contributed by atoms with van der Waals surface area (Å²) in [5.41, 5.74) is -1.18. The van der Waals surface area contributed by atoms with Gasteiger partial charge in [-0.3, -0.25) is 19.9 Å². The molecular weight excluding hydrogens is 398 g/mol. The Hall–Kier alpha value is -3.83. The number of anilines is 1. The fourth-order valence-electron chi connectivity index (χ4n) is 2.33. The Morgan fingerprint density at radius 1 is 1.23 bits per heavy atom. The van der Waals surface area contributed by atoms with E-state index in [1.807, 2.05) is 0 Å². The lowest BCUT2D eigenvalue weighted by atomic mass is 10.2. The average Bonchev–Trinajstić information content (AvgIpc) is 2.65. The van der Waals surface area contributed by atoms with E-state index in [9.17, 15) is 19.7 Å². The van der Waals surface area contributed by atoms with Gasteiger partial charge in [0.1, 0.15) is 24.2 Å². The van der Waals surface area contributed by atoms with Gasteiger partial charge in [-0.1, -0.05) is 0 Å². The van der Waals surface area contributed by atoms with Crippen LogP contribution in [0.25, 0.3) is 0 Å². The fraction of sp³-hybridized carbons (Fsp3) is 0.389. The molecule has 0 aliphatic carbocycles. The number of pyridine rings is 1. The topological polar surface area (TPSA) is 147 Å². The summed E-state index contributed by atoms with van der Waals surface area (Å²) in [6.07, 6.45) is 3.57. The number of carbonyl (C=O) groups excluding carboxylic acids is 2. The van der Waals surface area contributed by atoms with Crippen molar-refractivity contribution in [2.24, 2.45) is 0 Å². The largest absolute Gasteiger partial charge is 0.465 e. The number of hydrogen-bond acceptors (Lipinski definition) is 11. The summed E-state index contributed by atoms with van der Waals surface area (Å²) in [5.74, 6) is -1.74. The molecule has 0 unspecified atom stereocenters. The maximum atomic E-state index is 12.1. The molecule has 0 saturated heterocycles. The molecule has 0 atom stereocenters. The molecule has 0 N–H and O–H groups in total. The molecule has 2 heterocycles. The van der Waals surface area contributed by atoms with Crippen LogP contribution >= 0.6 is 0 Å². The number of hydrogen-bond donors (Lipinski definition) is 0. The van der Waals surface area contributed by atoms with E-state index in [0.29, 0.717) is 0 Å². The van der Waals surface area contributed by atoms with Crippen LogP contribution in [0, 0.1) is 10.1 Å². The summed E-state index contributed by atoms with van der Waals surface area (Å²) in [6.45, 7) is 4.84. The van der Waals surface area contributed by atoms with Gasteiger partial charge in [-0.05, 0) is 26.8 Å². The Labute approximate surface area is 172 Å². The van der Waals surface area contributed by atoms with Crippen molar-refractivity contribution in [3.05, 3.63) is 40.5 Å². The van der Waals surface area contributed by atoms with Crippen LogP contribution in [0.3, 0.4) is 0 Å². The van der Waals surface area contributed by atoms with Gasteiger partial charge in [-0.2, -0.15) is 4.98 Å². The molecule has 12 heteroatoms. The zero-order valence-corrected chi connectivity index (χ0v) is 17.1. The van der Waals surface area contributed by atoms with Crippen molar-refractivity contribution < 1.29 is 28.7 Å². The van der Waals surface area contributed by atoms with Crippen LogP contribution in [-0.2, 0) is 14.3 Å². The van der Waals surface area contributed by atoms with E-state index >= 15 is 0 Å². The molecule has 0 radical (unpaired) electrons. The van der Waals surface area contributed by atoms with Gasteiger partial charge in [0.25, 0.3) is 0 Å². The molecule has 0 aromatic carbocycles. The summed E-state index contributed by atoms with van der Waals surface area (Å²) in [6, 6.07) is 1.30. The van der Waals surface area contributed by atoms with Gasteiger partial charge in [0.15, 0.2) is 0 Å². The van der Waals surface area contributed by atoms with E-state index in [1.165, 1.54) is 37.5 Å². The van der Waals surface area contributed by atoms with Crippen molar-refractivity contribution >= 4 is 23.4 Å². The number of carbonyl (C=O) groups is 2. The zero-order valence-electron chi connectivity index (χ0n) is 17.1. The second-order valence-corrected chi connectivity index (χ2v) is 7.05. The van der Waals surface area contributed by atoms with Gasteiger partial charge >= 0.3 is 23.5 Å². The highest BCUT2D eigenvalue weighted by atomic mass is 16.6. The first-order valence-electron chi connectivity index (χ1n) is 8.65. The molecule has 0 fully saturated rings. The van der Waals surface area contributed by atoms with Gasteiger partial charge < -0.3 is 19.1 Å². The first-order chi connectivity index (χ1) is 14.0. The highest BCUT2D eigenvalue weighted by molar-refractivity contribution is 5.89. The summed E-state index contributed by atoms with van der Waals surface area (Å²) >= 11 is 0. The molecule has 0 spiro atoms. The van der Waals surface area contributed by atoms with Crippen LogP contribution in [0.5, 0.6) is 11.6 Å². The lowest BCUT2D eigenvalue weighted by Crippen LogP contribution is -2.33. The summed E-state index contributed by atoms with van der Waals surface area (Å²) < 4.78 is 15.3. The molecule has 0 saturated carbocycles. The second-order valence-electron chi connectivity index (χ2n) is 7.05. The van der Waals surface area contributed by atoms with Crippen molar-refractivity contribution in [2.45, 2.75) is 26.4 Å². The molecule has 160 valence electrons. The van der Waals surface area contributed by atoms with Crippen molar-refractivity contribution in [3.8, 4) is 11.6 Å². The molecule has 30 heavy (non-hydrogen) atoms. The third-order valence-electron chi connectivity index (χ3n) is 3.45. The van der Waals surface area contributed by atoms with Gasteiger partial charge in [-0.15, -0.1) is 0 Å². The number of nitro groups is 1. The first-order valence-corrected chi connectivity index (χ1v) is 8.65. The van der Waals surface area contributed by atoms with Crippen LogP contribution < -0.4 is 9.64 Å². The fourth-order valence-corrected chi connectivity index (χ4v) is 2.33. The quantitative estimate of drug-likeness (QED) is 0.369. The third-order valence-corrected chi connectivity index (χ3v) is 3.45. The standard InChI is InChI=1S/C18H21N5O7/c1-18(2,3)30-13(24)9-22(4)15-14(23(26)27)16(21-10-20-15)29-12-6-11(7-19-8-12)17(25)28-5/h6-8,10H,9H2,1-5H3. The van der Waals surface area contributed by atoms with E-state index in [2.05, 4.69) is 19.7 Å². The number of esters is 2. The molecule has 2 aromatic rings. The molecular formula is C18H21N5O7. The normalized spacial score (nSPS) is 10.8. The summed E-state index contributed by atoms with van der Waals surface area (Å²) in [5, 5.41) is 11.7. The minimum absolute atomic E-state index is 0.0282. The minimum atomic E-state index is -0.728. The second kappa shape index (κ2) is 9.11. The summed E-state index contributed by atoms with van der Waals surface area (Å²) in [7, 11) is 2.65. The van der Waals surface area contributed by atoms with Crippen molar-refractivity contribution in [2.75, 3.05) is 25.6 Å². The van der Waals surface area contributed by atoms with E-state index in [1.54, 1.807) is 20.8 Å².